The number of halogens is 1. The number of esters is 1. The van der Waals surface area contributed by atoms with Crippen LogP contribution >= 0.6 is 11.6 Å². The molecule has 0 heterocycles. The van der Waals surface area contributed by atoms with E-state index in [1.165, 1.54) is 0 Å². The molecular formula is C12H14ClNO3. The van der Waals surface area contributed by atoms with Crippen molar-refractivity contribution in [3.05, 3.63) is 34.9 Å². The molecule has 0 aliphatic heterocycles. The van der Waals surface area contributed by atoms with Crippen LogP contribution in [0.25, 0.3) is 0 Å². The summed E-state index contributed by atoms with van der Waals surface area (Å²) in [4.78, 5) is 22.6. The fourth-order valence-corrected chi connectivity index (χ4v) is 1.34. The first-order valence-corrected chi connectivity index (χ1v) is 5.70. The van der Waals surface area contributed by atoms with Crippen LogP contribution < -0.4 is 5.32 Å². The summed E-state index contributed by atoms with van der Waals surface area (Å²) < 4.78 is 4.74. The van der Waals surface area contributed by atoms with E-state index in [1.54, 1.807) is 31.2 Å². The molecule has 0 unspecified atom stereocenters. The molecule has 1 rings (SSSR count). The lowest BCUT2D eigenvalue weighted by Gasteiger charge is -2.05. The maximum absolute atomic E-state index is 11.6. The molecule has 0 aromatic heterocycles. The molecule has 0 radical (unpaired) electrons. The maximum Gasteiger partial charge on any atom is 0.307 e. The van der Waals surface area contributed by atoms with Gasteiger partial charge in [0.15, 0.2) is 0 Å². The summed E-state index contributed by atoms with van der Waals surface area (Å²) in [7, 11) is 0. The first kappa shape index (κ1) is 13.5. The molecule has 0 atom stereocenters. The van der Waals surface area contributed by atoms with Crippen LogP contribution in [0.1, 0.15) is 23.7 Å². The number of nitrogens with one attached hydrogen (secondary N) is 1. The average molecular weight is 256 g/mol. The van der Waals surface area contributed by atoms with Gasteiger partial charge in [0.1, 0.15) is 0 Å². The van der Waals surface area contributed by atoms with Gasteiger partial charge in [-0.05, 0) is 31.2 Å². The topological polar surface area (TPSA) is 55.4 Å². The lowest BCUT2D eigenvalue weighted by Crippen LogP contribution is -2.26. The van der Waals surface area contributed by atoms with Crippen LogP contribution in [0.2, 0.25) is 5.02 Å². The van der Waals surface area contributed by atoms with Crippen LogP contribution in [0.4, 0.5) is 0 Å². The van der Waals surface area contributed by atoms with Crippen LogP contribution in [0, 0.1) is 0 Å². The van der Waals surface area contributed by atoms with Crippen molar-refractivity contribution in [2.45, 2.75) is 13.3 Å². The zero-order valence-corrected chi connectivity index (χ0v) is 10.3. The molecule has 1 amide bonds. The highest BCUT2D eigenvalue weighted by Crippen LogP contribution is 2.09. The predicted molar refractivity (Wildman–Crippen MR) is 65.0 cm³/mol. The predicted octanol–water partition coefficient (Wildman–Crippen LogP) is 2.02. The molecule has 5 heteroatoms. The van der Waals surface area contributed by atoms with Crippen molar-refractivity contribution in [1.82, 2.24) is 5.32 Å². The van der Waals surface area contributed by atoms with E-state index in [4.69, 9.17) is 16.3 Å². The minimum Gasteiger partial charge on any atom is -0.466 e. The molecule has 0 aliphatic carbocycles. The molecule has 0 spiro atoms. The van der Waals surface area contributed by atoms with Gasteiger partial charge in [-0.25, -0.2) is 0 Å². The van der Waals surface area contributed by atoms with Gasteiger partial charge in [0.25, 0.3) is 5.91 Å². The van der Waals surface area contributed by atoms with Crippen LogP contribution in [-0.4, -0.2) is 25.0 Å². The van der Waals surface area contributed by atoms with Crippen molar-refractivity contribution in [2.75, 3.05) is 13.2 Å². The highest BCUT2D eigenvalue weighted by atomic mass is 35.5. The second-order valence-electron chi connectivity index (χ2n) is 3.32. The Balaban J connectivity index is 2.35. The van der Waals surface area contributed by atoms with Gasteiger partial charge in [-0.2, -0.15) is 0 Å². The third-order valence-corrected chi connectivity index (χ3v) is 2.28. The molecule has 92 valence electrons. The van der Waals surface area contributed by atoms with E-state index in [0.717, 1.165) is 0 Å². The van der Waals surface area contributed by atoms with Crippen LogP contribution in [0.15, 0.2) is 24.3 Å². The summed E-state index contributed by atoms with van der Waals surface area (Å²) in [5.74, 6) is -0.546. The van der Waals surface area contributed by atoms with Crippen molar-refractivity contribution >= 4 is 23.5 Å². The number of hydrogen-bond acceptors (Lipinski definition) is 3. The van der Waals surface area contributed by atoms with E-state index in [2.05, 4.69) is 5.32 Å². The van der Waals surface area contributed by atoms with Gasteiger partial charge < -0.3 is 10.1 Å². The Labute approximate surface area is 105 Å². The van der Waals surface area contributed by atoms with Crippen molar-refractivity contribution < 1.29 is 14.3 Å². The van der Waals surface area contributed by atoms with Gasteiger partial charge in [0.05, 0.1) is 13.0 Å². The molecule has 17 heavy (non-hydrogen) atoms. The van der Waals surface area contributed by atoms with Gasteiger partial charge in [-0.15, -0.1) is 0 Å². The molecule has 0 saturated carbocycles. The smallest absolute Gasteiger partial charge is 0.307 e. The van der Waals surface area contributed by atoms with Crippen LogP contribution in [0.3, 0.4) is 0 Å². The Morgan fingerprint density at radius 3 is 2.53 bits per heavy atom. The van der Waals surface area contributed by atoms with Crippen LogP contribution in [0.5, 0.6) is 0 Å². The zero-order chi connectivity index (χ0) is 12.7. The van der Waals surface area contributed by atoms with Gasteiger partial charge in [-0.3, -0.25) is 9.59 Å². The normalized spacial score (nSPS) is 9.76. The lowest BCUT2D eigenvalue weighted by molar-refractivity contribution is -0.142. The summed E-state index contributed by atoms with van der Waals surface area (Å²) >= 11 is 5.70. The Morgan fingerprint density at radius 1 is 1.29 bits per heavy atom. The molecule has 1 N–H and O–H groups in total. The largest absolute Gasteiger partial charge is 0.466 e. The first-order valence-electron chi connectivity index (χ1n) is 5.33. The van der Waals surface area contributed by atoms with Gasteiger partial charge in [-0.1, -0.05) is 11.6 Å². The number of carbonyl (C=O) groups is 2. The third kappa shape index (κ3) is 4.87. The first-order chi connectivity index (χ1) is 8.13. The molecule has 0 aliphatic rings. The summed E-state index contributed by atoms with van der Waals surface area (Å²) in [6.45, 7) is 2.36. The second kappa shape index (κ2) is 6.91. The number of ether oxygens (including phenoxy) is 1. The highest BCUT2D eigenvalue weighted by Gasteiger charge is 2.06. The van der Waals surface area contributed by atoms with Crippen LogP contribution in [-0.2, 0) is 9.53 Å². The summed E-state index contributed by atoms with van der Waals surface area (Å²) in [5, 5.41) is 3.20. The van der Waals surface area contributed by atoms with Crippen molar-refractivity contribution in [1.29, 1.82) is 0 Å². The summed E-state index contributed by atoms with van der Waals surface area (Å²) in [5.41, 5.74) is 0.512. The fourth-order valence-electron chi connectivity index (χ4n) is 1.21. The Morgan fingerprint density at radius 2 is 1.94 bits per heavy atom. The molecule has 0 bridgehead atoms. The van der Waals surface area contributed by atoms with E-state index in [-0.39, 0.29) is 24.8 Å². The van der Waals surface area contributed by atoms with Crippen molar-refractivity contribution in [3.63, 3.8) is 0 Å². The number of hydrogen-bond donors (Lipinski definition) is 1. The highest BCUT2D eigenvalue weighted by molar-refractivity contribution is 6.30. The molecule has 1 aromatic rings. The summed E-state index contributed by atoms with van der Waals surface area (Å²) in [6.07, 6.45) is 0.174. The third-order valence-electron chi connectivity index (χ3n) is 2.03. The Kier molecular flexibility index (Phi) is 5.49. The molecule has 0 saturated heterocycles. The average Bonchev–Trinajstić information content (AvgIpc) is 2.30. The Hall–Kier alpha value is -1.55. The van der Waals surface area contributed by atoms with E-state index < -0.39 is 0 Å². The maximum atomic E-state index is 11.6. The molecule has 4 nitrogen and oxygen atoms in total. The van der Waals surface area contributed by atoms with Gasteiger partial charge >= 0.3 is 5.97 Å². The lowest BCUT2D eigenvalue weighted by atomic mass is 10.2. The minimum absolute atomic E-state index is 0.174. The van der Waals surface area contributed by atoms with Crippen molar-refractivity contribution in [2.24, 2.45) is 0 Å². The van der Waals surface area contributed by atoms with Gasteiger partial charge in [0, 0.05) is 17.1 Å². The molecule has 1 aromatic carbocycles. The molecule has 0 fully saturated rings. The number of benzene rings is 1. The monoisotopic (exact) mass is 255 g/mol. The molecular weight excluding hydrogens is 242 g/mol. The van der Waals surface area contributed by atoms with E-state index in [0.29, 0.717) is 17.2 Å². The number of amides is 1. The number of carbonyl (C=O) groups excluding carboxylic acids is 2. The SMILES string of the molecule is CCOC(=O)CCNC(=O)c1ccc(Cl)cc1. The second-order valence-corrected chi connectivity index (χ2v) is 3.75. The minimum atomic E-state index is -0.316. The van der Waals surface area contributed by atoms with E-state index in [1.807, 2.05) is 0 Å². The van der Waals surface area contributed by atoms with E-state index in [9.17, 15) is 9.59 Å². The zero-order valence-electron chi connectivity index (χ0n) is 9.53. The van der Waals surface area contributed by atoms with E-state index >= 15 is 0 Å². The van der Waals surface area contributed by atoms with Gasteiger partial charge in [0.2, 0.25) is 0 Å². The quantitative estimate of drug-likeness (QED) is 0.819. The standard InChI is InChI=1S/C12H14ClNO3/c1-2-17-11(15)7-8-14-12(16)9-3-5-10(13)6-4-9/h3-6H,2,7-8H2,1H3,(H,14,16). The summed E-state index contributed by atoms with van der Waals surface area (Å²) in [6, 6.07) is 6.54. The fraction of sp³-hybridized carbons (Fsp3) is 0.333. The van der Waals surface area contributed by atoms with Crippen molar-refractivity contribution in [3.8, 4) is 0 Å². The Bertz CT molecular complexity index is 389. The number of rotatable bonds is 5.